The molecule has 1 amide bonds. The van der Waals surface area contributed by atoms with Gasteiger partial charge in [0, 0.05) is 45.1 Å². The number of esters is 1. The third-order valence-corrected chi connectivity index (χ3v) is 7.78. The Labute approximate surface area is 252 Å². The number of nitrogens with zero attached hydrogens (tertiary/aromatic N) is 1. The van der Waals surface area contributed by atoms with Crippen LogP contribution in [0.25, 0.3) is 11.1 Å². The Morgan fingerprint density at radius 2 is 1.67 bits per heavy atom. The summed E-state index contributed by atoms with van der Waals surface area (Å²) in [5.74, 6) is -0.838. The van der Waals surface area contributed by atoms with E-state index in [4.69, 9.17) is 18.9 Å². The highest BCUT2D eigenvalue weighted by Gasteiger charge is 2.33. The number of benzene rings is 3. The molecule has 0 aromatic heterocycles. The Kier molecular flexibility index (Phi) is 10.6. The molecule has 9 heteroatoms. The maximum Gasteiger partial charge on any atom is 0.303 e. The summed E-state index contributed by atoms with van der Waals surface area (Å²) in [6.45, 7) is 7.18. The molecule has 2 N–H and O–H groups in total. The molecule has 2 aliphatic heterocycles. The van der Waals surface area contributed by atoms with Gasteiger partial charge in [0.25, 0.3) is 5.91 Å². The van der Waals surface area contributed by atoms with Gasteiger partial charge in [0.1, 0.15) is 0 Å². The monoisotopic (exact) mass is 588 g/mol. The van der Waals surface area contributed by atoms with Crippen LogP contribution in [0.1, 0.15) is 54.9 Å². The summed E-state index contributed by atoms with van der Waals surface area (Å²) in [5, 5.41) is 12.3. The average Bonchev–Trinajstić information content (AvgIpc) is 3.04. The van der Waals surface area contributed by atoms with E-state index in [-0.39, 0.29) is 24.7 Å². The number of nitrogens with one attached hydrogen (secondary N) is 1. The molecule has 3 aromatic carbocycles. The Hall–Kier alpha value is -3.60. The minimum atomic E-state index is -0.851. The highest BCUT2D eigenvalue weighted by atomic mass is 16.7. The second kappa shape index (κ2) is 14.7. The first-order chi connectivity index (χ1) is 20.9. The lowest BCUT2D eigenvalue weighted by Gasteiger charge is -2.39. The molecule has 0 saturated carbocycles. The molecule has 0 aliphatic carbocycles. The molecule has 0 unspecified atom stereocenters. The predicted octanol–water partition coefficient (Wildman–Crippen LogP) is 4.29. The lowest BCUT2D eigenvalue weighted by Crippen LogP contribution is -2.44. The highest BCUT2D eigenvalue weighted by molar-refractivity contribution is 5.82. The van der Waals surface area contributed by atoms with Crippen molar-refractivity contribution in [1.29, 1.82) is 0 Å². The number of carbonyl (C=O) groups is 2. The summed E-state index contributed by atoms with van der Waals surface area (Å²) in [4.78, 5) is 25.9. The Morgan fingerprint density at radius 1 is 0.953 bits per heavy atom. The van der Waals surface area contributed by atoms with Gasteiger partial charge in [0.2, 0.25) is 0 Å². The zero-order valence-electron chi connectivity index (χ0n) is 24.7. The van der Waals surface area contributed by atoms with Crippen molar-refractivity contribution in [2.75, 3.05) is 32.8 Å². The van der Waals surface area contributed by atoms with Gasteiger partial charge in [-0.3, -0.25) is 14.5 Å². The molecule has 2 fully saturated rings. The summed E-state index contributed by atoms with van der Waals surface area (Å²) in [6.07, 6.45) is -0.841. The fourth-order valence-electron chi connectivity index (χ4n) is 5.47. The fourth-order valence-corrected chi connectivity index (χ4v) is 5.47. The minimum Gasteiger partial charge on any atom is -0.453 e. The number of hydrogen-bond donors (Lipinski definition) is 2. The fraction of sp³-hybridized carbons (Fsp3) is 0.412. The van der Waals surface area contributed by atoms with E-state index in [2.05, 4.69) is 16.3 Å². The number of ether oxygens (including phenoxy) is 4. The Morgan fingerprint density at radius 3 is 2.40 bits per heavy atom. The predicted molar refractivity (Wildman–Crippen MR) is 161 cm³/mol. The van der Waals surface area contributed by atoms with Crippen LogP contribution >= 0.6 is 0 Å². The molecule has 228 valence electrons. The maximum absolute atomic E-state index is 12.3. The van der Waals surface area contributed by atoms with Crippen molar-refractivity contribution < 1.29 is 33.6 Å². The molecule has 2 saturated heterocycles. The van der Waals surface area contributed by atoms with E-state index < -0.39 is 18.4 Å². The summed E-state index contributed by atoms with van der Waals surface area (Å²) < 4.78 is 23.7. The van der Waals surface area contributed by atoms with E-state index in [0.717, 1.165) is 72.6 Å². The molecular formula is C34H40N2O7. The summed E-state index contributed by atoms with van der Waals surface area (Å²) in [6, 6.07) is 24.1. The molecule has 0 bridgehead atoms. The maximum atomic E-state index is 12.3. The zero-order chi connectivity index (χ0) is 30.2. The van der Waals surface area contributed by atoms with E-state index in [1.807, 2.05) is 66.7 Å². The molecule has 43 heavy (non-hydrogen) atoms. The molecule has 9 nitrogen and oxygen atoms in total. The average molecular weight is 589 g/mol. The Bertz CT molecular complexity index is 1370. The molecule has 2 heterocycles. The second-order valence-electron chi connectivity index (χ2n) is 11.1. The van der Waals surface area contributed by atoms with Gasteiger partial charge in [-0.25, -0.2) is 0 Å². The third kappa shape index (κ3) is 8.49. The van der Waals surface area contributed by atoms with Crippen molar-refractivity contribution in [2.24, 2.45) is 0 Å². The van der Waals surface area contributed by atoms with Gasteiger partial charge in [-0.1, -0.05) is 60.7 Å². The Balaban J connectivity index is 1.32. The number of morpholine rings is 1. The molecule has 0 spiro atoms. The van der Waals surface area contributed by atoms with E-state index in [9.17, 15) is 14.7 Å². The van der Waals surface area contributed by atoms with Crippen molar-refractivity contribution in [2.45, 2.75) is 58.0 Å². The lowest BCUT2D eigenvalue weighted by molar-refractivity contribution is -0.253. The summed E-state index contributed by atoms with van der Waals surface area (Å²) >= 11 is 0. The zero-order valence-corrected chi connectivity index (χ0v) is 24.7. The van der Waals surface area contributed by atoms with Crippen LogP contribution < -0.4 is 5.32 Å². The van der Waals surface area contributed by atoms with Crippen molar-refractivity contribution in [3.05, 3.63) is 95.1 Å². The van der Waals surface area contributed by atoms with Crippen LogP contribution in [0.2, 0.25) is 0 Å². The smallest absolute Gasteiger partial charge is 0.303 e. The number of hydrogen-bond acceptors (Lipinski definition) is 8. The first-order valence-electron chi connectivity index (χ1n) is 14.8. The first kappa shape index (κ1) is 30.8. The van der Waals surface area contributed by atoms with Crippen molar-refractivity contribution in [3.8, 4) is 11.1 Å². The molecule has 0 radical (unpaired) electrons. The quantitative estimate of drug-likeness (QED) is 0.338. The number of aliphatic hydroxyl groups excluding tert-OH is 1. The largest absolute Gasteiger partial charge is 0.453 e. The van der Waals surface area contributed by atoms with E-state index >= 15 is 0 Å². The van der Waals surface area contributed by atoms with E-state index in [1.54, 1.807) is 6.92 Å². The van der Waals surface area contributed by atoms with Gasteiger partial charge >= 0.3 is 5.97 Å². The standard InChI is InChI=1S/C34H40N2O7/c1-23(41-24(2)38)33(39)35-20-26-5-3-6-28(17-26)29-7-4-8-30(18-29)34-42-31(21-36-13-15-40-16-14-36)19-32(43-34)27-11-9-25(22-37)10-12-27/h3-12,17-18,23,31-32,34,37H,13-16,19-22H2,1-2H3,(H,35,39)/t23-,31-,32+,34+/m0/s1. The van der Waals surface area contributed by atoms with Crippen LogP contribution in [0.3, 0.4) is 0 Å². The van der Waals surface area contributed by atoms with Crippen LogP contribution in [-0.2, 0) is 41.7 Å². The first-order valence-corrected chi connectivity index (χ1v) is 14.8. The van der Waals surface area contributed by atoms with Crippen LogP contribution in [-0.4, -0.2) is 66.9 Å². The third-order valence-electron chi connectivity index (χ3n) is 7.78. The molecule has 2 aliphatic rings. The van der Waals surface area contributed by atoms with Gasteiger partial charge in [-0.2, -0.15) is 0 Å². The topological polar surface area (TPSA) is 107 Å². The summed E-state index contributed by atoms with van der Waals surface area (Å²) in [7, 11) is 0. The van der Waals surface area contributed by atoms with Crippen LogP contribution in [0.4, 0.5) is 0 Å². The number of rotatable bonds is 10. The number of amides is 1. The normalized spacial score (nSPS) is 21.6. The number of carbonyl (C=O) groups excluding carboxylic acids is 2. The SMILES string of the molecule is CC(=O)O[C@@H](C)C(=O)NCc1cccc(-c2cccc([C@@H]3O[C@H](CN4CCOCC4)C[C@H](c4ccc(CO)cc4)O3)c2)c1. The molecule has 3 aromatic rings. The van der Waals surface area contributed by atoms with Gasteiger partial charge in [-0.05, 0) is 46.9 Å². The lowest BCUT2D eigenvalue weighted by atomic mass is 9.98. The van der Waals surface area contributed by atoms with E-state index in [1.165, 1.54) is 6.92 Å². The van der Waals surface area contributed by atoms with Crippen molar-refractivity contribution in [3.63, 3.8) is 0 Å². The van der Waals surface area contributed by atoms with E-state index in [0.29, 0.717) is 6.54 Å². The van der Waals surface area contributed by atoms with Crippen LogP contribution in [0.15, 0.2) is 72.8 Å². The van der Waals surface area contributed by atoms with Crippen molar-refractivity contribution in [1.82, 2.24) is 10.2 Å². The van der Waals surface area contributed by atoms with Crippen LogP contribution in [0, 0.1) is 0 Å². The summed E-state index contributed by atoms with van der Waals surface area (Å²) in [5.41, 5.74) is 5.78. The van der Waals surface area contributed by atoms with Gasteiger partial charge in [-0.15, -0.1) is 0 Å². The van der Waals surface area contributed by atoms with Crippen molar-refractivity contribution >= 4 is 11.9 Å². The highest BCUT2D eigenvalue weighted by Crippen LogP contribution is 2.39. The van der Waals surface area contributed by atoms with Gasteiger partial charge in [0.15, 0.2) is 12.4 Å². The molecule has 5 rings (SSSR count). The molecule has 4 atom stereocenters. The second-order valence-corrected chi connectivity index (χ2v) is 11.1. The molecular weight excluding hydrogens is 548 g/mol. The van der Waals surface area contributed by atoms with Gasteiger partial charge < -0.3 is 29.4 Å². The van der Waals surface area contributed by atoms with Crippen LogP contribution in [0.5, 0.6) is 0 Å². The minimum absolute atomic E-state index is 0.00492. The number of aliphatic hydroxyl groups is 1. The van der Waals surface area contributed by atoms with Gasteiger partial charge in [0.05, 0.1) is 32.0 Å².